The predicted molar refractivity (Wildman–Crippen MR) is 118 cm³/mol. The van der Waals surface area contributed by atoms with Crippen LogP contribution in [0.3, 0.4) is 0 Å². The second-order valence-corrected chi connectivity index (χ2v) is 9.11. The van der Waals surface area contributed by atoms with E-state index < -0.39 is 5.97 Å². The third-order valence-corrected chi connectivity index (χ3v) is 6.71. The zero-order chi connectivity index (χ0) is 20.4. The van der Waals surface area contributed by atoms with Crippen molar-refractivity contribution in [3.05, 3.63) is 92.9 Å². The lowest BCUT2D eigenvalue weighted by Crippen LogP contribution is -2.18. The van der Waals surface area contributed by atoms with Gasteiger partial charge in [-0.25, -0.2) is 0 Å². The average Bonchev–Trinajstić information content (AvgIpc) is 2.73. The monoisotopic (exact) mass is 486 g/mol. The molecule has 0 aromatic heterocycles. The normalized spacial score (nSPS) is 14.6. The maximum Gasteiger partial charge on any atom is 0.307 e. The SMILES string of the molecule is O=C(C[C@@H]1c2ccccc2Sc2ccc(Cl)cc21)OCC(=O)c1ccc(Br)cc1. The molecule has 1 atom stereocenters. The van der Waals surface area contributed by atoms with E-state index in [2.05, 4.69) is 15.9 Å². The summed E-state index contributed by atoms with van der Waals surface area (Å²) in [6.07, 6.45) is 0.151. The number of ketones is 1. The van der Waals surface area contributed by atoms with Crippen LogP contribution < -0.4 is 0 Å². The summed E-state index contributed by atoms with van der Waals surface area (Å²) in [7, 11) is 0. The van der Waals surface area contributed by atoms with E-state index in [1.54, 1.807) is 36.0 Å². The molecule has 0 saturated heterocycles. The number of carbonyl (C=O) groups excluding carboxylic acids is 2. The van der Waals surface area contributed by atoms with Gasteiger partial charge in [0.1, 0.15) is 0 Å². The Balaban J connectivity index is 1.50. The summed E-state index contributed by atoms with van der Waals surface area (Å²) in [4.78, 5) is 27.1. The average molecular weight is 488 g/mol. The van der Waals surface area contributed by atoms with Crippen molar-refractivity contribution in [3.8, 4) is 0 Å². The Morgan fingerprint density at radius 3 is 2.48 bits per heavy atom. The Labute approximate surface area is 186 Å². The fourth-order valence-electron chi connectivity index (χ4n) is 3.34. The second-order valence-electron chi connectivity index (χ2n) is 6.67. The summed E-state index contributed by atoms with van der Waals surface area (Å²) < 4.78 is 6.20. The van der Waals surface area contributed by atoms with E-state index >= 15 is 0 Å². The zero-order valence-electron chi connectivity index (χ0n) is 15.2. The first-order valence-corrected chi connectivity index (χ1v) is 11.0. The van der Waals surface area contributed by atoms with E-state index in [1.165, 1.54) is 0 Å². The topological polar surface area (TPSA) is 43.4 Å². The highest BCUT2D eigenvalue weighted by Crippen LogP contribution is 2.47. The van der Waals surface area contributed by atoms with Gasteiger partial charge in [-0.2, -0.15) is 0 Å². The summed E-state index contributed by atoms with van der Waals surface area (Å²) in [5.74, 6) is -0.793. The van der Waals surface area contributed by atoms with Crippen LogP contribution in [0.25, 0.3) is 0 Å². The second kappa shape index (κ2) is 8.74. The van der Waals surface area contributed by atoms with E-state index in [9.17, 15) is 9.59 Å². The molecule has 0 amide bonds. The highest BCUT2D eigenvalue weighted by Gasteiger charge is 2.29. The maximum absolute atomic E-state index is 12.6. The Morgan fingerprint density at radius 1 is 0.966 bits per heavy atom. The predicted octanol–water partition coefficient (Wildman–Crippen LogP) is 6.52. The van der Waals surface area contributed by atoms with E-state index in [0.717, 1.165) is 25.4 Å². The van der Waals surface area contributed by atoms with Crippen LogP contribution in [0.15, 0.2) is 81.0 Å². The maximum atomic E-state index is 12.6. The van der Waals surface area contributed by atoms with Gasteiger partial charge in [-0.1, -0.05) is 69.6 Å². The molecular formula is C23H16BrClO3S. The Morgan fingerprint density at radius 2 is 1.69 bits per heavy atom. The van der Waals surface area contributed by atoms with Gasteiger partial charge in [-0.05, 0) is 47.5 Å². The summed E-state index contributed by atoms with van der Waals surface area (Å²) in [5.41, 5.74) is 2.60. The molecule has 3 nitrogen and oxygen atoms in total. The van der Waals surface area contributed by atoms with Crippen LogP contribution in [0.2, 0.25) is 5.02 Å². The number of halogens is 2. The van der Waals surface area contributed by atoms with Crippen LogP contribution in [0, 0.1) is 0 Å². The van der Waals surface area contributed by atoms with Crippen molar-refractivity contribution in [1.82, 2.24) is 0 Å². The van der Waals surface area contributed by atoms with E-state index in [1.807, 2.05) is 42.5 Å². The smallest absolute Gasteiger partial charge is 0.307 e. The molecule has 0 aliphatic carbocycles. The molecule has 1 aliphatic heterocycles. The molecule has 0 fully saturated rings. The van der Waals surface area contributed by atoms with Crippen LogP contribution in [0.4, 0.5) is 0 Å². The Bertz CT molecular complexity index is 1080. The first kappa shape index (κ1) is 20.2. The molecule has 29 heavy (non-hydrogen) atoms. The van der Waals surface area contributed by atoms with Gasteiger partial charge in [0.25, 0.3) is 0 Å². The number of fused-ring (bicyclic) bond motifs is 2. The third kappa shape index (κ3) is 4.58. The number of benzene rings is 3. The van der Waals surface area contributed by atoms with Crippen LogP contribution >= 0.6 is 39.3 Å². The van der Waals surface area contributed by atoms with Crippen LogP contribution in [-0.2, 0) is 9.53 Å². The number of esters is 1. The minimum Gasteiger partial charge on any atom is -0.457 e. The lowest BCUT2D eigenvalue weighted by Gasteiger charge is -2.27. The Kier molecular flexibility index (Phi) is 6.09. The van der Waals surface area contributed by atoms with E-state index in [0.29, 0.717) is 10.6 Å². The van der Waals surface area contributed by atoms with Crippen molar-refractivity contribution in [2.75, 3.05) is 6.61 Å². The molecule has 3 aromatic carbocycles. The van der Waals surface area contributed by atoms with Crippen molar-refractivity contribution in [3.63, 3.8) is 0 Å². The first-order valence-electron chi connectivity index (χ1n) is 9.02. The number of hydrogen-bond acceptors (Lipinski definition) is 4. The largest absolute Gasteiger partial charge is 0.457 e. The molecule has 6 heteroatoms. The third-order valence-electron chi connectivity index (χ3n) is 4.76. The van der Waals surface area contributed by atoms with E-state index in [-0.39, 0.29) is 24.7 Å². The molecule has 0 N–H and O–H groups in total. The van der Waals surface area contributed by atoms with Crippen LogP contribution in [-0.4, -0.2) is 18.4 Å². The quantitative estimate of drug-likeness (QED) is 0.304. The van der Waals surface area contributed by atoms with Crippen molar-refractivity contribution in [2.24, 2.45) is 0 Å². The highest BCUT2D eigenvalue weighted by atomic mass is 79.9. The van der Waals surface area contributed by atoms with Crippen molar-refractivity contribution < 1.29 is 14.3 Å². The lowest BCUT2D eigenvalue weighted by molar-refractivity contribution is -0.142. The standard InChI is InChI=1S/C23H16BrClO3S/c24-15-7-5-14(6-8-15)20(26)13-28-23(27)12-18-17-3-1-2-4-21(17)29-22-10-9-16(25)11-19(18)22/h1-11,18H,12-13H2/t18-/m1/s1. The molecule has 0 spiro atoms. The molecule has 4 rings (SSSR count). The van der Waals surface area contributed by atoms with Crippen LogP contribution in [0.5, 0.6) is 0 Å². The number of carbonyl (C=O) groups is 2. The zero-order valence-corrected chi connectivity index (χ0v) is 18.4. The molecule has 3 aromatic rings. The fraction of sp³-hybridized carbons (Fsp3) is 0.130. The van der Waals surface area contributed by atoms with Gasteiger partial charge in [-0.15, -0.1) is 0 Å². The van der Waals surface area contributed by atoms with Gasteiger partial charge in [-0.3, -0.25) is 9.59 Å². The van der Waals surface area contributed by atoms with E-state index in [4.69, 9.17) is 16.3 Å². The van der Waals surface area contributed by atoms with Gasteiger partial charge >= 0.3 is 5.97 Å². The minimum atomic E-state index is -0.409. The molecule has 1 aliphatic rings. The molecule has 0 radical (unpaired) electrons. The van der Waals surface area contributed by atoms with Crippen molar-refractivity contribution in [1.29, 1.82) is 0 Å². The summed E-state index contributed by atoms with van der Waals surface area (Å²) in [6.45, 7) is -0.272. The van der Waals surface area contributed by atoms with Gasteiger partial charge in [0.05, 0.1) is 6.42 Å². The summed E-state index contributed by atoms with van der Waals surface area (Å²) in [5, 5.41) is 0.632. The van der Waals surface area contributed by atoms with Gasteiger partial charge in [0, 0.05) is 30.8 Å². The molecule has 0 unspecified atom stereocenters. The summed E-state index contributed by atoms with van der Waals surface area (Å²) >= 11 is 11.2. The molecular weight excluding hydrogens is 472 g/mol. The summed E-state index contributed by atoms with van der Waals surface area (Å²) in [6, 6.07) is 20.7. The number of hydrogen-bond donors (Lipinski definition) is 0. The van der Waals surface area contributed by atoms with Gasteiger partial charge in [0.15, 0.2) is 12.4 Å². The number of rotatable bonds is 5. The minimum absolute atomic E-state index is 0.151. The number of Topliss-reactive ketones (excluding diaryl/α,β-unsaturated/α-hetero) is 1. The Hall–Kier alpha value is -2.08. The van der Waals surface area contributed by atoms with Crippen LogP contribution in [0.1, 0.15) is 33.8 Å². The molecule has 0 saturated carbocycles. The first-order chi connectivity index (χ1) is 14.0. The number of ether oxygens (including phenoxy) is 1. The van der Waals surface area contributed by atoms with Gasteiger partial charge in [0.2, 0.25) is 0 Å². The molecule has 0 bridgehead atoms. The molecule has 146 valence electrons. The fourth-order valence-corrected chi connectivity index (χ4v) is 4.95. The highest BCUT2D eigenvalue weighted by molar-refractivity contribution is 9.10. The van der Waals surface area contributed by atoms with Gasteiger partial charge < -0.3 is 4.74 Å². The lowest BCUT2D eigenvalue weighted by atomic mass is 9.88. The molecule has 1 heterocycles. The van der Waals surface area contributed by atoms with Crippen molar-refractivity contribution in [2.45, 2.75) is 22.1 Å². The van der Waals surface area contributed by atoms with Crippen molar-refractivity contribution >= 4 is 51.0 Å².